The average Bonchev–Trinajstić information content (AvgIpc) is 3.27. The van der Waals surface area contributed by atoms with Crippen LogP contribution in [-0.4, -0.2) is 51.3 Å². The number of halogens is 1. The molecule has 1 heterocycles. The molecule has 0 unspecified atom stereocenters. The third kappa shape index (κ3) is 5.47. The van der Waals surface area contributed by atoms with E-state index in [4.69, 9.17) is 11.6 Å². The summed E-state index contributed by atoms with van der Waals surface area (Å²) >= 11 is 7.33. The minimum atomic E-state index is -0.188. The summed E-state index contributed by atoms with van der Waals surface area (Å²) < 4.78 is 1.92. The second-order valence-electron chi connectivity index (χ2n) is 7.60. The van der Waals surface area contributed by atoms with E-state index in [2.05, 4.69) is 15.5 Å². The summed E-state index contributed by atoms with van der Waals surface area (Å²) in [5.41, 5.74) is 2.93. The topological polar surface area (TPSA) is 80.1 Å². The highest BCUT2D eigenvalue weighted by Gasteiger charge is 2.17. The second-order valence-corrected chi connectivity index (χ2v) is 8.98. The SMILES string of the molecule is CN(C)C(=O)c1ccc(NC(=O)CSc2nnc(-c3ccc(Cl)cc3)n2-c2ccccc2)cc1. The third-order valence-electron chi connectivity index (χ3n) is 4.90. The molecule has 1 N–H and O–H groups in total. The van der Waals surface area contributed by atoms with E-state index >= 15 is 0 Å². The molecule has 3 aromatic carbocycles. The van der Waals surface area contributed by atoms with Crippen molar-refractivity contribution in [3.05, 3.63) is 89.4 Å². The van der Waals surface area contributed by atoms with Gasteiger partial charge in [0.15, 0.2) is 11.0 Å². The van der Waals surface area contributed by atoms with Gasteiger partial charge in [-0.3, -0.25) is 14.2 Å². The molecule has 0 bridgehead atoms. The Labute approximate surface area is 206 Å². The van der Waals surface area contributed by atoms with Crippen LogP contribution in [0.3, 0.4) is 0 Å². The predicted molar refractivity (Wildman–Crippen MR) is 136 cm³/mol. The zero-order valence-corrected chi connectivity index (χ0v) is 20.2. The number of hydrogen-bond donors (Lipinski definition) is 1. The molecule has 0 radical (unpaired) electrons. The van der Waals surface area contributed by atoms with E-state index in [0.29, 0.717) is 27.3 Å². The van der Waals surface area contributed by atoms with Gasteiger partial charge in [-0.1, -0.05) is 41.6 Å². The van der Waals surface area contributed by atoms with Crippen LogP contribution in [0.25, 0.3) is 17.1 Å². The van der Waals surface area contributed by atoms with Crippen LogP contribution in [0.4, 0.5) is 5.69 Å². The minimum absolute atomic E-state index is 0.0924. The highest BCUT2D eigenvalue weighted by Crippen LogP contribution is 2.28. The molecule has 1 aromatic heterocycles. The zero-order chi connectivity index (χ0) is 24.1. The van der Waals surface area contributed by atoms with Gasteiger partial charge >= 0.3 is 0 Å². The standard InChI is InChI=1S/C25H22ClN5O2S/c1-30(2)24(33)18-10-14-20(15-11-18)27-22(32)16-34-25-29-28-23(17-8-12-19(26)13-9-17)31(25)21-6-4-3-5-7-21/h3-15H,16H2,1-2H3,(H,27,32). The summed E-state index contributed by atoms with van der Waals surface area (Å²) in [7, 11) is 3.39. The van der Waals surface area contributed by atoms with Crippen LogP contribution in [0.2, 0.25) is 5.02 Å². The molecule has 0 aliphatic rings. The molecular weight excluding hydrogens is 470 g/mol. The number of anilines is 1. The maximum absolute atomic E-state index is 12.6. The molecule has 4 aromatic rings. The normalized spacial score (nSPS) is 10.7. The van der Waals surface area contributed by atoms with Crippen molar-refractivity contribution >= 4 is 40.9 Å². The molecule has 0 aliphatic carbocycles. The largest absolute Gasteiger partial charge is 0.345 e. The van der Waals surface area contributed by atoms with Crippen LogP contribution in [-0.2, 0) is 4.79 Å². The van der Waals surface area contributed by atoms with Crippen molar-refractivity contribution in [2.24, 2.45) is 0 Å². The molecular formula is C25H22ClN5O2S. The van der Waals surface area contributed by atoms with E-state index in [9.17, 15) is 9.59 Å². The van der Waals surface area contributed by atoms with Crippen LogP contribution in [0.15, 0.2) is 84.0 Å². The van der Waals surface area contributed by atoms with Gasteiger partial charge in [-0.05, 0) is 60.7 Å². The summed E-state index contributed by atoms with van der Waals surface area (Å²) in [5.74, 6) is 0.522. The van der Waals surface area contributed by atoms with Crippen molar-refractivity contribution in [2.75, 3.05) is 25.2 Å². The van der Waals surface area contributed by atoms with Crippen molar-refractivity contribution in [3.63, 3.8) is 0 Å². The van der Waals surface area contributed by atoms with Gasteiger partial charge in [0.05, 0.1) is 5.75 Å². The molecule has 0 saturated carbocycles. The fourth-order valence-corrected chi connectivity index (χ4v) is 4.12. The summed E-state index contributed by atoms with van der Waals surface area (Å²) in [4.78, 5) is 26.1. The van der Waals surface area contributed by atoms with Crippen molar-refractivity contribution in [3.8, 4) is 17.1 Å². The molecule has 0 aliphatic heterocycles. The monoisotopic (exact) mass is 491 g/mol. The lowest BCUT2D eigenvalue weighted by molar-refractivity contribution is -0.113. The van der Waals surface area contributed by atoms with Crippen LogP contribution in [0.1, 0.15) is 10.4 Å². The maximum atomic E-state index is 12.6. The third-order valence-corrected chi connectivity index (χ3v) is 6.09. The highest BCUT2D eigenvalue weighted by atomic mass is 35.5. The van der Waals surface area contributed by atoms with Crippen molar-refractivity contribution in [1.82, 2.24) is 19.7 Å². The van der Waals surface area contributed by atoms with E-state index in [1.165, 1.54) is 16.7 Å². The summed E-state index contributed by atoms with van der Waals surface area (Å²) in [6, 6.07) is 23.9. The number of carbonyl (C=O) groups excluding carboxylic acids is 2. The smallest absolute Gasteiger partial charge is 0.253 e. The summed E-state index contributed by atoms with van der Waals surface area (Å²) in [6.07, 6.45) is 0. The first-order valence-electron chi connectivity index (χ1n) is 10.4. The second kappa shape index (κ2) is 10.5. The Morgan fingerprint density at radius 1 is 0.941 bits per heavy atom. The maximum Gasteiger partial charge on any atom is 0.253 e. The Balaban J connectivity index is 1.50. The lowest BCUT2D eigenvalue weighted by atomic mass is 10.2. The van der Waals surface area contributed by atoms with Crippen LogP contribution < -0.4 is 5.32 Å². The molecule has 0 atom stereocenters. The van der Waals surface area contributed by atoms with Crippen molar-refractivity contribution in [1.29, 1.82) is 0 Å². The number of benzene rings is 3. The average molecular weight is 492 g/mol. The van der Waals surface area contributed by atoms with Gasteiger partial charge in [0.1, 0.15) is 0 Å². The number of aromatic nitrogens is 3. The summed E-state index contributed by atoms with van der Waals surface area (Å²) in [5, 5.41) is 12.8. The quantitative estimate of drug-likeness (QED) is 0.367. The van der Waals surface area contributed by atoms with Crippen molar-refractivity contribution in [2.45, 2.75) is 5.16 Å². The molecule has 0 spiro atoms. The van der Waals surface area contributed by atoms with Crippen LogP contribution >= 0.6 is 23.4 Å². The fraction of sp³-hybridized carbons (Fsp3) is 0.120. The molecule has 0 fully saturated rings. The fourth-order valence-electron chi connectivity index (χ4n) is 3.24. The Morgan fingerprint density at radius 3 is 2.26 bits per heavy atom. The first-order chi connectivity index (χ1) is 16.4. The first kappa shape index (κ1) is 23.5. The number of rotatable bonds is 7. The lowest BCUT2D eigenvalue weighted by Crippen LogP contribution is -2.21. The Bertz CT molecular complexity index is 1290. The number of para-hydroxylation sites is 1. The molecule has 4 rings (SSSR count). The predicted octanol–water partition coefficient (Wildman–Crippen LogP) is 5.02. The van der Waals surface area contributed by atoms with E-state index < -0.39 is 0 Å². The highest BCUT2D eigenvalue weighted by molar-refractivity contribution is 7.99. The van der Waals surface area contributed by atoms with Gasteiger partial charge in [0.2, 0.25) is 5.91 Å². The molecule has 34 heavy (non-hydrogen) atoms. The van der Waals surface area contributed by atoms with E-state index in [1.54, 1.807) is 50.5 Å². The van der Waals surface area contributed by atoms with Gasteiger partial charge in [-0.2, -0.15) is 0 Å². The number of carbonyl (C=O) groups is 2. The number of nitrogens with zero attached hydrogens (tertiary/aromatic N) is 4. The van der Waals surface area contributed by atoms with E-state index in [-0.39, 0.29) is 17.6 Å². The number of nitrogens with one attached hydrogen (secondary N) is 1. The number of thioether (sulfide) groups is 1. The van der Waals surface area contributed by atoms with Crippen LogP contribution in [0.5, 0.6) is 0 Å². The Morgan fingerprint density at radius 2 is 1.62 bits per heavy atom. The first-order valence-corrected chi connectivity index (χ1v) is 11.8. The van der Waals surface area contributed by atoms with E-state index in [0.717, 1.165) is 11.3 Å². The van der Waals surface area contributed by atoms with Gasteiger partial charge < -0.3 is 10.2 Å². The Kier molecular flexibility index (Phi) is 7.30. The molecule has 0 saturated heterocycles. The van der Waals surface area contributed by atoms with Gasteiger partial charge in [0, 0.05) is 41.6 Å². The summed E-state index contributed by atoms with van der Waals surface area (Å²) in [6.45, 7) is 0. The molecule has 2 amide bonds. The zero-order valence-electron chi connectivity index (χ0n) is 18.6. The molecule has 7 nitrogen and oxygen atoms in total. The minimum Gasteiger partial charge on any atom is -0.345 e. The van der Waals surface area contributed by atoms with Gasteiger partial charge in [-0.15, -0.1) is 10.2 Å². The van der Waals surface area contributed by atoms with Gasteiger partial charge in [0.25, 0.3) is 5.91 Å². The number of amides is 2. The van der Waals surface area contributed by atoms with Gasteiger partial charge in [-0.25, -0.2) is 0 Å². The van der Waals surface area contributed by atoms with Crippen molar-refractivity contribution < 1.29 is 9.59 Å². The lowest BCUT2D eigenvalue weighted by Gasteiger charge is -2.11. The molecule has 172 valence electrons. The van der Waals surface area contributed by atoms with E-state index in [1.807, 2.05) is 47.0 Å². The number of hydrogen-bond acceptors (Lipinski definition) is 5. The molecule has 9 heteroatoms. The Hall–Kier alpha value is -3.62. The van der Waals surface area contributed by atoms with Crippen LogP contribution in [0, 0.1) is 0 Å².